The fraction of sp³-hybridized carbons (Fsp3) is 0.360. The molecular formula is C25H31NO2. The monoisotopic (exact) mass is 377 g/mol. The highest BCUT2D eigenvalue weighted by Gasteiger charge is 2.23. The number of hydrogen-bond donors (Lipinski definition) is 1. The van der Waals surface area contributed by atoms with Crippen LogP contribution in [0.3, 0.4) is 0 Å². The van der Waals surface area contributed by atoms with Gasteiger partial charge in [-0.2, -0.15) is 0 Å². The number of phenols is 1. The zero-order chi connectivity index (χ0) is 20.3. The molecule has 0 aliphatic rings. The Morgan fingerprint density at radius 1 is 1.00 bits per heavy atom. The number of rotatable bonds is 7. The molecule has 0 radical (unpaired) electrons. The van der Waals surface area contributed by atoms with Gasteiger partial charge in [-0.1, -0.05) is 44.2 Å². The summed E-state index contributed by atoms with van der Waals surface area (Å²) in [5, 5.41) is 13.0. The van der Waals surface area contributed by atoms with E-state index in [1.807, 2.05) is 18.2 Å². The Kier molecular flexibility index (Phi) is 6.25. The van der Waals surface area contributed by atoms with Crippen molar-refractivity contribution in [1.82, 2.24) is 4.90 Å². The number of fused-ring (bicyclic) bond motifs is 1. The highest BCUT2D eigenvalue weighted by molar-refractivity contribution is 5.90. The van der Waals surface area contributed by atoms with Crippen molar-refractivity contribution >= 4 is 10.8 Å². The summed E-state index contributed by atoms with van der Waals surface area (Å²) in [6.07, 6.45) is 1.04. The molecule has 3 aromatic rings. The number of aromatic hydroxyl groups is 1. The lowest BCUT2D eigenvalue weighted by Crippen LogP contribution is -2.24. The van der Waals surface area contributed by atoms with Crippen LogP contribution in [-0.4, -0.2) is 37.8 Å². The molecule has 0 saturated heterocycles. The minimum absolute atomic E-state index is 0.348. The molecular weight excluding hydrogens is 346 g/mol. The van der Waals surface area contributed by atoms with Crippen LogP contribution in [0.25, 0.3) is 21.9 Å². The molecule has 0 bridgehead atoms. The topological polar surface area (TPSA) is 32.7 Å². The molecule has 2 unspecified atom stereocenters. The van der Waals surface area contributed by atoms with Crippen molar-refractivity contribution in [3.05, 3.63) is 60.2 Å². The highest BCUT2D eigenvalue weighted by Crippen LogP contribution is 2.41. The van der Waals surface area contributed by atoms with Crippen LogP contribution in [0.4, 0.5) is 0 Å². The fourth-order valence-electron chi connectivity index (χ4n) is 4.32. The van der Waals surface area contributed by atoms with Gasteiger partial charge in [0.1, 0.15) is 11.5 Å². The molecule has 148 valence electrons. The third-order valence-electron chi connectivity index (χ3n) is 5.59. The van der Waals surface area contributed by atoms with E-state index in [1.54, 1.807) is 13.2 Å². The van der Waals surface area contributed by atoms with Crippen molar-refractivity contribution in [3.8, 4) is 22.6 Å². The van der Waals surface area contributed by atoms with E-state index in [1.165, 1.54) is 5.56 Å². The number of phenolic OH excluding ortho intramolecular Hbond substituents is 1. The van der Waals surface area contributed by atoms with E-state index in [2.05, 4.69) is 63.2 Å². The summed E-state index contributed by atoms with van der Waals surface area (Å²) < 4.78 is 5.34. The van der Waals surface area contributed by atoms with Crippen LogP contribution in [0.15, 0.2) is 54.6 Å². The molecule has 3 rings (SSSR count). The van der Waals surface area contributed by atoms with Gasteiger partial charge in [0, 0.05) is 12.1 Å². The second-order valence-corrected chi connectivity index (χ2v) is 7.92. The van der Waals surface area contributed by atoms with Crippen molar-refractivity contribution in [3.63, 3.8) is 0 Å². The lowest BCUT2D eigenvalue weighted by molar-refractivity contribution is 0.301. The summed E-state index contributed by atoms with van der Waals surface area (Å²) in [5.41, 5.74) is 3.24. The van der Waals surface area contributed by atoms with E-state index in [0.717, 1.165) is 40.6 Å². The van der Waals surface area contributed by atoms with Crippen molar-refractivity contribution < 1.29 is 9.84 Å². The second-order valence-electron chi connectivity index (χ2n) is 7.92. The summed E-state index contributed by atoms with van der Waals surface area (Å²) in [4.78, 5) is 2.24. The molecule has 0 heterocycles. The van der Waals surface area contributed by atoms with Crippen LogP contribution in [-0.2, 0) is 0 Å². The van der Waals surface area contributed by atoms with Crippen LogP contribution in [0, 0.1) is 5.92 Å². The summed E-state index contributed by atoms with van der Waals surface area (Å²) >= 11 is 0. The van der Waals surface area contributed by atoms with Crippen molar-refractivity contribution in [2.45, 2.75) is 26.2 Å². The maximum atomic E-state index is 10.8. The summed E-state index contributed by atoms with van der Waals surface area (Å²) in [6, 6.07) is 18.4. The molecule has 1 N–H and O–H groups in total. The Morgan fingerprint density at radius 3 is 2.39 bits per heavy atom. The average molecular weight is 378 g/mol. The number of ether oxygens (including phenoxy) is 1. The van der Waals surface area contributed by atoms with E-state index in [9.17, 15) is 5.11 Å². The number of nitrogens with zero attached hydrogens (tertiary/aromatic N) is 1. The van der Waals surface area contributed by atoms with Gasteiger partial charge in [-0.15, -0.1) is 0 Å². The molecule has 0 spiro atoms. The predicted molar refractivity (Wildman–Crippen MR) is 118 cm³/mol. The van der Waals surface area contributed by atoms with E-state index >= 15 is 0 Å². The first kappa shape index (κ1) is 20.2. The molecule has 0 amide bonds. The van der Waals surface area contributed by atoms with Gasteiger partial charge in [0.2, 0.25) is 0 Å². The summed E-state index contributed by atoms with van der Waals surface area (Å²) in [7, 11) is 5.91. The molecule has 3 heteroatoms. The quantitative estimate of drug-likeness (QED) is 0.555. The smallest absolute Gasteiger partial charge is 0.123 e. The molecule has 28 heavy (non-hydrogen) atoms. The Balaban J connectivity index is 2.10. The van der Waals surface area contributed by atoms with Crippen LogP contribution < -0.4 is 4.74 Å². The Labute approximate surface area is 168 Å². The van der Waals surface area contributed by atoms with Crippen molar-refractivity contribution in [1.29, 1.82) is 0 Å². The average Bonchev–Trinajstić information content (AvgIpc) is 2.67. The Hall–Kier alpha value is -2.52. The first-order chi connectivity index (χ1) is 13.4. The number of hydrogen-bond acceptors (Lipinski definition) is 3. The normalized spacial score (nSPS) is 13.6. The Morgan fingerprint density at radius 2 is 1.71 bits per heavy atom. The molecule has 3 nitrogen and oxygen atoms in total. The minimum Gasteiger partial charge on any atom is -0.507 e. The maximum absolute atomic E-state index is 10.8. The van der Waals surface area contributed by atoms with Gasteiger partial charge in [-0.3, -0.25) is 0 Å². The maximum Gasteiger partial charge on any atom is 0.123 e. The highest BCUT2D eigenvalue weighted by atomic mass is 16.5. The van der Waals surface area contributed by atoms with Gasteiger partial charge in [0.25, 0.3) is 0 Å². The molecule has 0 aromatic heterocycles. The third-order valence-corrected chi connectivity index (χ3v) is 5.59. The van der Waals surface area contributed by atoms with Crippen LogP contribution in [0.1, 0.15) is 31.7 Å². The van der Waals surface area contributed by atoms with Gasteiger partial charge in [0.05, 0.1) is 7.11 Å². The van der Waals surface area contributed by atoms with Gasteiger partial charge in [-0.25, -0.2) is 0 Å². The van der Waals surface area contributed by atoms with Crippen LogP contribution >= 0.6 is 0 Å². The van der Waals surface area contributed by atoms with Gasteiger partial charge in [0.15, 0.2) is 0 Å². The number of methoxy groups -OCH3 is 1. The molecule has 2 atom stereocenters. The van der Waals surface area contributed by atoms with Gasteiger partial charge < -0.3 is 14.7 Å². The zero-order valence-electron chi connectivity index (χ0n) is 17.6. The van der Waals surface area contributed by atoms with Gasteiger partial charge in [-0.05, 0) is 78.5 Å². The van der Waals surface area contributed by atoms with Crippen molar-refractivity contribution in [2.75, 3.05) is 27.7 Å². The fourth-order valence-corrected chi connectivity index (χ4v) is 4.32. The summed E-state index contributed by atoms with van der Waals surface area (Å²) in [6.45, 7) is 5.55. The SMILES string of the molecule is CCC(c1cccc(O)c1-c1ccc2cc(OC)ccc2c1)C(C)CN(C)C. The summed E-state index contributed by atoms with van der Waals surface area (Å²) in [5.74, 6) is 2.08. The van der Waals surface area contributed by atoms with Gasteiger partial charge >= 0.3 is 0 Å². The molecule has 0 fully saturated rings. The minimum atomic E-state index is 0.348. The van der Waals surface area contributed by atoms with Crippen molar-refractivity contribution in [2.24, 2.45) is 5.92 Å². The zero-order valence-corrected chi connectivity index (χ0v) is 17.6. The predicted octanol–water partition coefficient (Wildman–Crippen LogP) is 5.91. The van der Waals surface area contributed by atoms with Crippen LogP contribution in [0.5, 0.6) is 11.5 Å². The lowest BCUT2D eigenvalue weighted by Gasteiger charge is -2.28. The van der Waals surface area contributed by atoms with E-state index in [0.29, 0.717) is 17.6 Å². The molecule has 3 aromatic carbocycles. The van der Waals surface area contributed by atoms with E-state index < -0.39 is 0 Å². The third kappa shape index (κ3) is 4.15. The standard InChI is InChI=1S/C25H31NO2/c1-6-22(17(2)16-26(3)4)23-8-7-9-24(27)25(23)20-11-10-19-15-21(28-5)13-12-18(19)14-20/h7-15,17,22,27H,6,16H2,1-5H3. The first-order valence-corrected chi connectivity index (χ1v) is 9.99. The largest absolute Gasteiger partial charge is 0.507 e. The first-order valence-electron chi connectivity index (χ1n) is 9.99. The lowest BCUT2D eigenvalue weighted by atomic mass is 9.80. The number of benzene rings is 3. The molecule has 0 aliphatic heterocycles. The van der Waals surface area contributed by atoms with E-state index in [-0.39, 0.29) is 0 Å². The molecule has 0 saturated carbocycles. The van der Waals surface area contributed by atoms with E-state index in [4.69, 9.17) is 4.74 Å². The second kappa shape index (κ2) is 8.66. The Bertz CT molecular complexity index is 948. The molecule has 0 aliphatic carbocycles. The van der Waals surface area contributed by atoms with Crippen LogP contribution in [0.2, 0.25) is 0 Å².